The molecule has 2 heterocycles. The van der Waals surface area contributed by atoms with Crippen LogP contribution < -0.4 is 9.47 Å². The Balaban J connectivity index is 1.16. The van der Waals surface area contributed by atoms with Gasteiger partial charge in [-0.25, -0.2) is 0 Å². The van der Waals surface area contributed by atoms with Crippen molar-refractivity contribution in [2.45, 2.75) is 57.8 Å². The Labute approximate surface area is 388 Å². The molecule has 0 fully saturated rings. The van der Waals surface area contributed by atoms with Crippen molar-refractivity contribution in [2.75, 3.05) is 27.9 Å². The monoisotopic (exact) mass is 936 g/mol. The normalized spacial score (nSPS) is 11.8. The molecule has 334 valence electrons. The van der Waals surface area contributed by atoms with E-state index >= 15 is 0 Å². The molecule has 5 aromatic carbocycles. The minimum atomic E-state index is -0.967. The number of benzene rings is 5. The molecular formula is C54H53BrN2O8. The van der Waals surface area contributed by atoms with Crippen LogP contribution in [0.2, 0.25) is 0 Å². The fourth-order valence-corrected chi connectivity index (χ4v) is 8.96. The molecule has 0 aliphatic carbocycles. The van der Waals surface area contributed by atoms with Gasteiger partial charge in [0, 0.05) is 42.9 Å². The van der Waals surface area contributed by atoms with E-state index in [0.717, 1.165) is 72.2 Å². The number of rotatable bonds is 21. The van der Waals surface area contributed by atoms with E-state index < -0.39 is 17.5 Å². The molecule has 0 N–H and O–H groups in total. The zero-order valence-electron chi connectivity index (χ0n) is 37.1. The number of Topliss-reactive ketones (excluding diaryl/α,β-unsaturated/α-hetero) is 1. The number of carbonyl (C=O) groups is 3. The summed E-state index contributed by atoms with van der Waals surface area (Å²) >= 11 is 3.88. The Kier molecular flexibility index (Phi) is 15.6. The fraction of sp³-hybridized carbons (Fsp3) is 0.259. The van der Waals surface area contributed by atoms with Gasteiger partial charge in [0.05, 0.1) is 44.2 Å². The third kappa shape index (κ3) is 10.9. The van der Waals surface area contributed by atoms with Crippen molar-refractivity contribution in [3.05, 3.63) is 184 Å². The van der Waals surface area contributed by atoms with Gasteiger partial charge < -0.3 is 28.3 Å². The predicted molar refractivity (Wildman–Crippen MR) is 255 cm³/mol. The van der Waals surface area contributed by atoms with E-state index in [0.29, 0.717) is 31.7 Å². The first-order chi connectivity index (χ1) is 31.7. The highest BCUT2D eigenvalue weighted by Crippen LogP contribution is 2.42. The summed E-state index contributed by atoms with van der Waals surface area (Å²) in [4.78, 5) is 42.9. The molecule has 0 amide bonds. The number of ether oxygens (including phenoxy) is 5. The number of methoxy groups -OCH3 is 3. The third-order valence-electron chi connectivity index (χ3n) is 11.9. The summed E-state index contributed by atoms with van der Waals surface area (Å²) in [7, 11) is 4.60. The maximum atomic E-state index is 14.8. The molecule has 0 aliphatic heterocycles. The third-order valence-corrected chi connectivity index (χ3v) is 12.7. The molecule has 0 radical (unpaired) electrons. The van der Waals surface area contributed by atoms with Gasteiger partial charge in [0.25, 0.3) is 0 Å². The van der Waals surface area contributed by atoms with Crippen LogP contribution in [0, 0.1) is 5.92 Å². The van der Waals surface area contributed by atoms with E-state index in [1.165, 1.54) is 7.11 Å². The number of fused-ring (bicyclic) bond motifs is 1. The number of hydrogen-bond acceptors (Lipinski definition) is 9. The molecule has 0 saturated heterocycles. The number of ketones is 1. The first kappa shape index (κ1) is 46.4. The Morgan fingerprint density at radius 1 is 0.708 bits per heavy atom. The Bertz CT molecular complexity index is 2640. The topological polar surface area (TPSA) is 115 Å². The largest absolute Gasteiger partial charge is 0.497 e. The van der Waals surface area contributed by atoms with Crippen LogP contribution in [0.4, 0.5) is 0 Å². The Morgan fingerprint density at radius 2 is 1.34 bits per heavy atom. The number of esters is 2. The summed E-state index contributed by atoms with van der Waals surface area (Å²) in [5, 5.41) is 0.930. The van der Waals surface area contributed by atoms with Crippen LogP contribution >= 0.6 is 15.9 Å². The quantitative estimate of drug-likeness (QED) is 0.0394. The molecule has 7 rings (SSSR count). The maximum absolute atomic E-state index is 14.8. The Morgan fingerprint density at radius 3 is 1.94 bits per heavy atom. The van der Waals surface area contributed by atoms with Crippen LogP contribution in [0.1, 0.15) is 77.3 Å². The van der Waals surface area contributed by atoms with Crippen molar-refractivity contribution in [3.8, 4) is 22.6 Å². The highest BCUT2D eigenvalue weighted by Gasteiger charge is 2.38. The van der Waals surface area contributed by atoms with E-state index in [4.69, 9.17) is 18.9 Å². The summed E-state index contributed by atoms with van der Waals surface area (Å²) in [5.41, 5.74) is 7.13. The van der Waals surface area contributed by atoms with Crippen molar-refractivity contribution in [1.82, 2.24) is 9.55 Å². The average molecular weight is 938 g/mol. The maximum Gasteiger partial charge on any atom is 0.306 e. The van der Waals surface area contributed by atoms with Gasteiger partial charge in [-0.15, -0.1) is 0 Å². The second kappa shape index (κ2) is 21.9. The lowest BCUT2D eigenvalue weighted by molar-refractivity contribution is -0.149. The van der Waals surface area contributed by atoms with Gasteiger partial charge >= 0.3 is 11.9 Å². The van der Waals surface area contributed by atoms with Gasteiger partial charge in [0.1, 0.15) is 29.4 Å². The summed E-state index contributed by atoms with van der Waals surface area (Å²) in [6.07, 6.45) is 5.23. The van der Waals surface area contributed by atoms with Crippen LogP contribution in [0.25, 0.3) is 22.0 Å². The summed E-state index contributed by atoms with van der Waals surface area (Å²) in [6.45, 7) is 3.00. The van der Waals surface area contributed by atoms with E-state index in [2.05, 4.69) is 67.5 Å². The first-order valence-electron chi connectivity index (χ1n) is 21.7. The molecule has 65 heavy (non-hydrogen) atoms. The summed E-state index contributed by atoms with van der Waals surface area (Å²) < 4.78 is 31.1. The van der Waals surface area contributed by atoms with Gasteiger partial charge in [-0.05, 0) is 98.0 Å². The van der Waals surface area contributed by atoms with Gasteiger partial charge in [0.15, 0.2) is 5.78 Å². The van der Waals surface area contributed by atoms with Crippen LogP contribution in [-0.2, 0) is 42.6 Å². The minimum absolute atomic E-state index is 0.0154. The molecule has 0 bridgehead atoms. The van der Waals surface area contributed by atoms with Crippen molar-refractivity contribution in [3.63, 3.8) is 0 Å². The molecule has 2 aromatic heterocycles. The van der Waals surface area contributed by atoms with Crippen LogP contribution in [0.3, 0.4) is 0 Å². The fourth-order valence-electron chi connectivity index (χ4n) is 8.19. The smallest absolute Gasteiger partial charge is 0.306 e. The summed E-state index contributed by atoms with van der Waals surface area (Å²) in [5.74, 6) is 0.599. The van der Waals surface area contributed by atoms with Crippen molar-refractivity contribution in [1.29, 1.82) is 0 Å². The molecule has 7 aromatic rings. The second-order valence-electron chi connectivity index (χ2n) is 15.8. The van der Waals surface area contributed by atoms with E-state index in [1.807, 2.05) is 109 Å². The standard InChI is InChI=1S/C54H53BrN2O8/c1-5-37(29-31-65-54(42-11-7-6-8-12-42,43-18-22-45(61-2)23-19-43)44-20-24-46(62-3)25-21-44)32-49(58)53-52(55)47-26-17-40(41-10-9-30-56-34-41)33-48(47)57(53)35-38-13-15-39(16-14-38)36-64-51(60)28-27-50(59)63-4/h6-26,30,33-34,37H,5,27-29,31-32,35-36H2,1-4H3. The van der Waals surface area contributed by atoms with Gasteiger partial charge in [-0.2, -0.15) is 0 Å². The Hall–Kier alpha value is -6.56. The van der Waals surface area contributed by atoms with Crippen molar-refractivity contribution >= 4 is 44.6 Å². The number of nitrogens with zero attached hydrogens (tertiary/aromatic N) is 2. The zero-order valence-corrected chi connectivity index (χ0v) is 38.7. The SMILES string of the molecule is CCC(CCOC(c1ccccc1)(c1ccc(OC)cc1)c1ccc(OC)cc1)CC(=O)c1c(Br)c2ccc(-c3cccnc3)cc2n1Cc1ccc(COC(=O)CCC(=O)OC)cc1. The lowest BCUT2D eigenvalue weighted by Gasteiger charge is -2.36. The second-order valence-corrected chi connectivity index (χ2v) is 16.6. The predicted octanol–water partition coefficient (Wildman–Crippen LogP) is 11.5. The first-order valence-corrected chi connectivity index (χ1v) is 22.5. The lowest BCUT2D eigenvalue weighted by atomic mass is 9.80. The zero-order chi connectivity index (χ0) is 45.8. The molecule has 0 aliphatic rings. The average Bonchev–Trinajstić information content (AvgIpc) is 3.63. The van der Waals surface area contributed by atoms with E-state index in [-0.39, 0.29) is 31.1 Å². The number of carbonyl (C=O) groups excluding carboxylic acids is 3. The van der Waals surface area contributed by atoms with Crippen LogP contribution in [0.15, 0.2) is 150 Å². The molecule has 11 heteroatoms. The molecule has 1 atom stereocenters. The molecule has 1 unspecified atom stereocenters. The molecular weight excluding hydrogens is 885 g/mol. The van der Waals surface area contributed by atoms with Gasteiger partial charge in [-0.1, -0.05) is 110 Å². The number of hydrogen-bond donors (Lipinski definition) is 0. The van der Waals surface area contributed by atoms with Gasteiger partial charge in [-0.3, -0.25) is 19.4 Å². The molecule has 10 nitrogen and oxygen atoms in total. The molecule has 0 spiro atoms. The number of pyridine rings is 1. The lowest BCUT2D eigenvalue weighted by Crippen LogP contribution is -2.33. The number of halogens is 1. The minimum Gasteiger partial charge on any atom is -0.497 e. The van der Waals surface area contributed by atoms with Crippen molar-refractivity contribution in [2.24, 2.45) is 5.92 Å². The highest BCUT2D eigenvalue weighted by molar-refractivity contribution is 9.10. The van der Waals surface area contributed by atoms with Crippen molar-refractivity contribution < 1.29 is 38.1 Å². The van der Waals surface area contributed by atoms with Gasteiger partial charge in [0.2, 0.25) is 0 Å². The molecule has 0 saturated carbocycles. The summed E-state index contributed by atoms with van der Waals surface area (Å²) in [6, 6.07) is 44.1. The highest BCUT2D eigenvalue weighted by atomic mass is 79.9. The van der Waals surface area contributed by atoms with Crippen LogP contribution in [0.5, 0.6) is 11.5 Å². The van der Waals surface area contributed by atoms with E-state index in [1.54, 1.807) is 20.4 Å². The van der Waals surface area contributed by atoms with Crippen LogP contribution in [-0.4, -0.2) is 55.2 Å². The van der Waals surface area contributed by atoms with E-state index in [9.17, 15) is 14.4 Å². The number of aromatic nitrogens is 2.